The van der Waals surface area contributed by atoms with Gasteiger partial charge in [-0.05, 0) is 17.5 Å². The number of rotatable bonds is 1. The van der Waals surface area contributed by atoms with Gasteiger partial charge in [0, 0.05) is 5.25 Å². The SMILES string of the molecule is S=CC1CC[SH]=[SH]1. The van der Waals surface area contributed by atoms with Gasteiger partial charge in [0.2, 0.25) is 0 Å². The molecule has 0 amide bonds. The van der Waals surface area contributed by atoms with Gasteiger partial charge in [0.05, 0.1) is 0 Å². The van der Waals surface area contributed by atoms with Crippen LogP contribution in [0, 0.1) is 0 Å². The molecule has 7 heavy (non-hydrogen) atoms. The van der Waals surface area contributed by atoms with Crippen molar-refractivity contribution >= 4 is 38.2 Å². The lowest BCUT2D eigenvalue weighted by atomic mass is 10.4. The molecule has 42 valence electrons. The van der Waals surface area contributed by atoms with Crippen molar-refractivity contribution in [1.29, 1.82) is 0 Å². The van der Waals surface area contributed by atoms with Crippen LogP contribution < -0.4 is 0 Å². The van der Waals surface area contributed by atoms with E-state index < -0.39 is 0 Å². The summed E-state index contributed by atoms with van der Waals surface area (Å²) in [5, 5.41) is 2.65. The second kappa shape index (κ2) is 2.95. The molecule has 0 aliphatic carbocycles. The Balaban J connectivity index is 2.42. The van der Waals surface area contributed by atoms with Crippen LogP contribution in [0.2, 0.25) is 0 Å². The number of hydrogen-bond donors (Lipinski definition) is 2. The van der Waals surface area contributed by atoms with E-state index in [1.165, 1.54) is 22.5 Å². The van der Waals surface area contributed by atoms with Gasteiger partial charge in [-0.1, -0.05) is 12.2 Å². The van der Waals surface area contributed by atoms with E-state index in [2.05, 4.69) is 0 Å². The first-order valence-electron chi connectivity index (χ1n) is 2.25. The van der Waals surface area contributed by atoms with E-state index in [-0.39, 0.29) is 0 Å². The van der Waals surface area contributed by atoms with Crippen molar-refractivity contribution in [1.82, 2.24) is 0 Å². The van der Waals surface area contributed by atoms with Gasteiger partial charge in [0.1, 0.15) is 0 Å². The third-order valence-electron chi connectivity index (χ3n) is 0.912. The van der Waals surface area contributed by atoms with E-state index in [1.807, 2.05) is 5.37 Å². The van der Waals surface area contributed by atoms with Crippen LogP contribution in [0.25, 0.3) is 0 Å². The number of thiocarbonyl (C=S) groups is 1. The second-order valence-electron chi connectivity index (χ2n) is 1.47. The predicted octanol–water partition coefficient (Wildman–Crippen LogP) is 0.303. The van der Waals surface area contributed by atoms with Crippen molar-refractivity contribution in [3.05, 3.63) is 0 Å². The Morgan fingerprint density at radius 1 is 1.71 bits per heavy atom. The molecular weight excluding hydrogens is 144 g/mol. The standard InChI is InChI=1S/C4H8S3/c5-3-4-1-2-6-7-4/h3-4,6-7H,1-2H2. The summed E-state index contributed by atoms with van der Waals surface area (Å²) in [5.74, 6) is 1.36. The molecule has 0 radical (unpaired) electrons. The first kappa shape index (κ1) is 5.92. The molecule has 0 bridgehead atoms. The molecule has 0 saturated heterocycles. The number of thiol groups is 2. The average Bonchev–Trinajstić information content (AvgIpc) is 2.14. The largest absolute Gasteiger partial charge is 0.179 e. The summed E-state index contributed by atoms with van der Waals surface area (Å²) < 4.78 is 0. The van der Waals surface area contributed by atoms with Crippen molar-refractivity contribution in [3.63, 3.8) is 0 Å². The molecule has 1 aliphatic heterocycles. The van der Waals surface area contributed by atoms with Crippen LogP contribution >= 0.6 is 12.2 Å². The molecule has 1 aliphatic rings. The van der Waals surface area contributed by atoms with Gasteiger partial charge in [0.25, 0.3) is 0 Å². The molecule has 0 nitrogen and oxygen atoms in total. The first-order valence-corrected chi connectivity index (χ1v) is 5.47. The predicted molar refractivity (Wildman–Crippen MR) is 44.4 cm³/mol. The Labute approximate surface area is 55.9 Å². The lowest BCUT2D eigenvalue weighted by molar-refractivity contribution is 1.07. The van der Waals surface area contributed by atoms with Crippen molar-refractivity contribution in [3.8, 4) is 0 Å². The van der Waals surface area contributed by atoms with Gasteiger partial charge in [0.15, 0.2) is 0 Å². The summed E-state index contributed by atoms with van der Waals surface area (Å²) in [7, 11) is 3.11. The second-order valence-corrected chi connectivity index (χ2v) is 4.91. The Morgan fingerprint density at radius 2 is 2.57 bits per heavy atom. The van der Waals surface area contributed by atoms with Crippen LogP contribution in [-0.2, 0) is 20.6 Å². The first-order chi connectivity index (χ1) is 3.43. The highest BCUT2D eigenvalue weighted by atomic mass is 32.8. The minimum absolute atomic E-state index is 0.747. The summed E-state index contributed by atoms with van der Waals surface area (Å²) in [6, 6.07) is 0. The van der Waals surface area contributed by atoms with E-state index in [0.29, 0.717) is 0 Å². The normalized spacial score (nSPS) is 30.6. The fraction of sp³-hybridized carbons (Fsp3) is 0.750. The monoisotopic (exact) mass is 152 g/mol. The Hall–Kier alpha value is 0.790. The molecule has 0 saturated carbocycles. The third kappa shape index (κ3) is 1.63. The fourth-order valence-electron chi connectivity index (χ4n) is 0.506. The highest BCUT2D eigenvalue weighted by molar-refractivity contribution is 8.27. The lowest BCUT2D eigenvalue weighted by Crippen LogP contribution is -1.99. The Bertz CT molecular complexity index is 97.1. The molecule has 1 unspecified atom stereocenters. The maximum Gasteiger partial charge on any atom is 0.0308 e. The number of hydrogen-bond acceptors (Lipinski definition) is 1. The molecule has 1 heterocycles. The molecule has 0 N–H and O–H groups in total. The maximum atomic E-state index is 4.78. The van der Waals surface area contributed by atoms with Crippen molar-refractivity contribution in [2.24, 2.45) is 0 Å². The van der Waals surface area contributed by atoms with Crippen molar-refractivity contribution in [2.75, 3.05) is 5.75 Å². The minimum Gasteiger partial charge on any atom is -0.179 e. The summed E-state index contributed by atoms with van der Waals surface area (Å²) in [4.78, 5) is 0. The molecule has 0 aromatic heterocycles. The maximum absolute atomic E-state index is 4.78. The fourth-order valence-corrected chi connectivity index (χ4v) is 4.18. The van der Waals surface area contributed by atoms with Gasteiger partial charge >= 0.3 is 0 Å². The van der Waals surface area contributed by atoms with Gasteiger partial charge in [-0.3, -0.25) is 0 Å². The zero-order valence-corrected chi connectivity index (χ0v) is 6.48. The third-order valence-corrected chi connectivity index (χ3v) is 4.75. The van der Waals surface area contributed by atoms with Crippen LogP contribution in [0.1, 0.15) is 6.42 Å². The van der Waals surface area contributed by atoms with Gasteiger partial charge in [-0.25, -0.2) is 0 Å². The quantitative estimate of drug-likeness (QED) is 0.403. The van der Waals surface area contributed by atoms with E-state index in [1.54, 1.807) is 10.3 Å². The van der Waals surface area contributed by atoms with Crippen LogP contribution in [0.15, 0.2) is 0 Å². The van der Waals surface area contributed by atoms with Crippen molar-refractivity contribution < 1.29 is 0 Å². The molecule has 1 atom stereocenters. The molecule has 3 heteroatoms. The molecule has 1 rings (SSSR count). The minimum atomic E-state index is 0.747. The van der Waals surface area contributed by atoms with Crippen LogP contribution in [0.4, 0.5) is 0 Å². The van der Waals surface area contributed by atoms with E-state index in [4.69, 9.17) is 12.2 Å². The van der Waals surface area contributed by atoms with Crippen LogP contribution in [0.3, 0.4) is 0 Å². The zero-order valence-electron chi connectivity index (χ0n) is 3.87. The molecule has 0 spiro atoms. The van der Waals surface area contributed by atoms with E-state index >= 15 is 0 Å². The van der Waals surface area contributed by atoms with Crippen LogP contribution in [0.5, 0.6) is 0 Å². The molecule has 0 fully saturated rings. The summed E-state index contributed by atoms with van der Waals surface area (Å²) in [5.41, 5.74) is 0. The Kier molecular flexibility index (Phi) is 2.49. The smallest absolute Gasteiger partial charge is 0.0308 e. The van der Waals surface area contributed by atoms with E-state index in [9.17, 15) is 0 Å². The molecular formula is C4H8S3. The van der Waals surface area contributed by atoms with Gasteiger partial charge < -0.3 is 0 Å². The summed E-state index contributed by atoms with van der Waals surface area (Å²) in [6.45, 7) is 0. The molecule has 0 aromatic carbocycles. The Morgan fingerprint density at radius 3 is 2.86 bits per heavy atom. The van der Waals surface area contributed by atoms with E-state index in [0.717, 1.165) is 5.25 Å². The topological polar surface area (TPSA) is 0 Å². The van der Waals surface area contributed by atoms with Gasteiger partial charge in [-0.2, -0.15) is 20.6 Å². The van der Waals surface area contributed by atoms with Crippen molar-refractivity contribution in [2.45, 2.75) is 11.7 Å². The lowest BCUT2D eigenvalue weighted by Gasteiger charge is -1.90. The van der Waals surface area contributed by atoms with Crippen LogP contribution in [-0.4, -0.2) is 16.4 Å². The summed E-state index contributed by atoms with van der Waals surface area (Å²) in [6.07, 6.45) is 1.33. The average molecular weight is 152 g/mol. The zero-order chi connectivity index (χ0) is 5.11. The van der Waals surface area contributed by atoms with Gasteiger partial charge in [-0.15, -0.1) is 0 Å². The highest BCUT2D eigenvalue weighted by Crippen LogP contribution is 1.98. The molecule has 0 aromatic rings. The highest BCUT2D eigenvalue weighted by Gasteiger charge is 2.02. The summed E-state index contributed by atoms with van der Waals surface area (Å²) >= 11 is 4.78.